The molecule has 2 heterocycles. The molecule has 2 saturated heterocycles. The molecule has 2 aliphatic heterocycles. The van der Waals surface area contributed by atoms with Crippen molar-refractivity contribution in [2.45, 2.75) is 25.7 Å². The standard InChI is InChI=1S/C8H12O4/c1-8(2)11-4-5-3-10-7(9)6(5)12-8/h5-6H,3-4H2,1-2H3/t5-,6+/m1/s1. The number of rotatable bonds is 0. The van der Waals surface area contributed by atoms with Crippen molar-refractivity contribution in [1.29, 1.82) is 0 Å². The van der Waals surface area contributed by atoms with Gasteiger partial charge in [-0.1, -0.05) is 0 Å². The van der Waals surface area contributed by atoms with Crippen molar-refractivity contribution >= 4 is 5.97 Å². The first-order valence-corrected chi connectivity index (χ1v) is 4.07. The summed E-state index contributed by atoms with van der Waals surface area (Å²) in [6.45, 7) is 4.58. The van der Waals surface area contributed by atoms with Gasteiger partial charge in [-0.2, -0.15) is 0 Å². The van der Waals surface area contributed by atoms with Crippen molar-refractivity contribution < 1.29 is 19.0 Å². The second-order valence-electron chi connectivity index (χ2n) is 3.64. The van der Waals surface area contributed by atoms with Crippen LogP contribution >= 0.6 is 0 Å². The fraction of sp³-hybridized carbons (Fsp3) is 0.875. The summed E-state index contributed by atoms with van der Waals surface area (Å²) < 4.78 is 15.6. The van der Waals surface area contributed by atoms with Gasteiger partial charge in [0.25, 0.3) is 0 Å². The predicted molar refractivity (Wildman–Crippen MR) is 39.4 cm³/mol. The van der Waals surface area contributed by atoms with E-state index >= 15 is 0 Å². The first-order chi connectivity index (χ1) is 5.58. The summed E-state index contributed by atoms with van der Waals surface area (Å²) in [5.41, 5.74) is 0. The van der Waals surface area contributed by atoms with Crippen LogP contribution in [0.5, 0.6) is 0 Å². The molecule has 0 unspecified atom stereocenters. The molecule has 4 heteroatoms. The fourth-order valence-corrected chi connectivity index (χ4v) is 1.48. The lowest BCUT2D eigenvalue weighted by atomic mass is 10.1. The molecular formula is C8H12O4. The summed E-state index contributed by atoms with van der Waals surface area (Å²) in [7, 11) is 0. The third-order valence-corrected chi connectivity index (χ3v) is 2.16. The lowest BCUT2D eigenvalue weighted by molar-refractivity contribution is -0.279. The number of esters is 1. The van der Waals surface area contributed by atoms with E-state index in [0.717, 1.165) is 0 Å². The highest BCUT2D eigenvalue weighted by Crippen LogP contribution is 2.30. The molecule has 2 atom stereocenters. The van der Waals surface area contributed by atoms with E-state index in [1.165, 1.54) is 0 Å². The maximum atomic E-state index is 11.1. The van der Waals surface area contributed by atoms with E-state index in [2.05, 4.69) is 0 Å². The van der Waals surface area contributed by atoms with Crippen molar-refractivity contribution in [3.8, 4) is 0 Å². The maximum Gasteiger partial charge on any atom is 0.335 e. The largest absolute Gasteiger partial charge is 0.463 e. The lowest BCUT2D eigenvalue weighted by Crippen LogP contribution is -2.46. The van der Waals surface area contributed by atoms with E-state index in [1.807, 2.05) is 0 Å². The summed E-state index contributed by atoms with van der Waals surface area (Å²) in [6.07, 6.45) is -0.409. The molecule has 4 nitrogen and oxygen atoms in total. The van der Waals surface area contributed by atoms with Gasteiger partial charge in [-0.05, 0) is 13.8 Å². The fourth-order valence-electron chi connectivity index (χ4n) is 1.48. The van der Waals surface area contributed by atoms with Crippen molar-refractivity contribution in [2.24, 2.45) is 5.92 Å². The number of carbonyl (C=O) groups excluding carboxylic acids is 1. The minimum atomic E-state index is -0.648. The van der Waals surface area contributed by atoms with Crippen LogP contribution < -0.4 is 0 Å². The average molecular weight is 172 g/mol. The van der Waals surface area contributed by atoms with Gasteiger partial charge in [0.2, 0.25) is 0 Å². The second kappa shape index (κ2) is 2.44. The number of fused-ring (bicyclic) bond motifs is 1. The van der Waals surface area contributed by atoms with Gasteiger partial charge >= 0.3 is 5.97 Å². The van der Waals surface area contributed by atoms with Crippen molar-refractivity contribution in [1.82, 2.24) is 0 Å². The molecule has 0 aromatic carbocycles. The summed E-state index contributed by atoms with van der Waals surface area (Å²) in [4.78, 5) is 11.1. The predicted octanol–water partition coefficient (Wildman–Crippen LogP) is 0.311. The van der Waals surface area contributed by atoms with Gasteiger partial charge in [-0.15, -0.1) is 0 Å². The van der Waals surface area contributed by atoms with Crippen LogP contribution in [0.3, 0.4) is 0 Å². The van der Waals surface area contributed by atoms with E-state index in [4.69, 9.17) is 14.2 Å². The average Bonchev–Trinajstić information content (AvgIpc) is 2.31. The Balaban J connectivity index is 2.11. The molecule has 0 amide bonds. The lowest BCUT2D eigenvalue weighted by Gasteiger charge is -2.35. The molecule has 0 aromatic heterocycles. The van der Waals surface area contributed by atoms with Gasteiger partial charge in [-0.3, -0.25) is 0 Å². The van der Waals surface area contributed by atoms with Crippen LogP contribution in [-0.2, 0) is 19.0 Å². The molecule has 2 aliphatic rings. The normalized spacial score (nSPS) is 39.0. The van der Waals surface area contributed by atoms with E-state index < -0.39 is 11.9 Å². The third kappa shape index (κ3) is 1.21. The summed E-state index contributed by atoms with van der Waals surface area (Å²) >= 11 is 0. The quantitative estimate of drug-likeness (QED) is 0.493. The van der Waals surface area contributed by atoms with Crippen LogP contribution in [0.4, 0.5) is 0 Å². The van der Waals surface area contributed by atoms with E-state index in [9.17, 15) is 4.79 Å². The van der Waals surface area contributed by atoms with Crippen LogP contribution in [0.25, 0.3) is 0 Å². The summed E-state index contributed by atoms with van der Waals surface area (Å²) in [5, 5.41) is 0. The molecular weight excluding hydrogens is 160 g/mol. The highest BCUT2D eigenvalue weighted by atomic mass is 16.7. The van der Waals surface area contributed by atoms with Crippen LogP contribution in [-0.4, -0.2) is 31.1 Å². The highest BCUT2D eigenvalue weighted by molar-refractivity contribution is 5.77. The number of cyclic esters (lactones) is 1. The molecule has 2 rings (SSSR count). The van der Waals surface area contributed by atoms with Gasteiger partial charge in [0.05, 0.1) is 19.1 Å². The number of carbonyl (C=O) groups is 1. The molecule has 0 N–H and O–H groups in total. The summed E-state index contributed by atoms with van der Waals surface area (Å²) in [6, 6.07) is 0. The van der Waals surface area contributed by atoms with E-state index in [0.29, 0.717) is 13.2 Å². The van der Waals surface area contributed by atoms with E-state index in [-0.39, 0.29) is 11.9 Å². The van der Waals surface area contributed by atoms with Gasteiger partial charge < -0.3 is 14.2 Å². The molecule has 0 bridgehead atoms. The number of hydrogen-bond donors (Lipinski definition) is 0. The van der Waals surface area contributed by atoms with Gasteiger partial charge in [0, 0.05) is 0 Å². The topological polar surface area (TPSA) is 44.8 Å². The monoisotopic (exact) mass is 172 g/mol. The molecule has 0 radical (unpaired) electrons. The molecule has 2 fully saturated rings. The second-order valence-corrected chi connectivity index (χ2v) is 3.64. The first kappa shape index (κ1) is 8.01. The molecule has 68 valence electrons. The minimum Gasteiger partial charge on any atom is -0.463 e. The van der Waals surface area contributed by atoms with Crippen LogP contribution in [0.1, 0.15) is 13.8 Å². The Labute approximate surface area is 70.8 Å². The summed E-state index contributed by atoms with van der Waals surface area (Å²) in [5.74, 6) is -0.813. The Bertz CT molecular complexity index is 211. The minimum absolute atomic E-state index is 0.0884. The molecule has 12 heavy (non-hydrogen) atoms. The van der Waals surface area contributed by atoms with Gasteiger partial charge in [0.1, 0.15) is 0 Å². The van der Waals surface area contributed by atoms with Crippen molar-refractivity contribution in [3.05, 3.63) is 0 Å². The molecule has 0 saturated carbocycles. The first-order valence-electron chi connectivity index (χ1n) is 4.07. The Morgan fingerprint density at radius 3 is 2.92 bits per heavy atom. The molecule has 0 aromatic rings. The Hall–Kier alpha value is -0.610. The molecule has 0 aliphatic carbocycles. The third-order valence-electron chi connectivity index (χ3n) is 2.16. The van der Waals surface area contributed by atoms with Crippen molar-refractivity contribution in [3.63, 3.8) is 0 Å². The Morgan fingerprint density at radius 2 is 2.17 bits per heavy atom. The smallest absolute Gasteiger partial charge is 0.335 e. The van der Waals surface area contributed by atoms with Crippen LogP contribution in [0.15, 0.2) is 0 Å². The van der Waals surface area contributed by atoms with Gasteiger partial charge in [-0.25, -0.2) is 4.79 Å². The zero-order valence-corrected chi connectivity index (χ0v) is 7.20. The maximum absolute atomic E-state index is 11.1. The number of hydrogen-bond acceptors (Lipinski definition) is 4. The van der Waals surface area contributed by atoms with Crippen LogP contribution in [0.2, 0.25) is 0 Å². The van der Waals surface area contributed by atoms with Gasteiger partial charge in [0.15, 0.2) is 11.9 Å². The zero-order valence-electron chi connectivity index (χ0n) is 7.20. The Kier molecular flexibility index (Phi) is 1.63. The molecule has 0 spiro atoms. The number of ether oxygens (including phenoxy) is 3. The zero-order chi connectivity index (χ0) is 8.77. The Morgan fingerprint density at radius 1 is 1.42 bits per heavy atom. The SMILES string of the molecule is CC1(C)OC[C@H]2COC(=O)[C@H]2O1. The highest BCUT2D eigenvalue weighted by Gasteiger charge is 2.46. The van der Waals surface area contributed by atoms with Crippen molar-refractivity contribution in [2.75, 3.05) is 13.2 Å². The van der Waals surface area contributed by atoms with E-state index in [1.54, 1.807) is 13.8 Å². The van der Waals surface area contributed by atoms with Crippen LogP contribution in [0, 0.1) is 5.92 Å².